The number of nitrogens with zero attached hydrogens (tertiary/aromatic N) is 3. The number of hydrogen-bond acceptors (Lipinski definition) is 5. The number of aromatic nitrogens is 2. The second-order valence-electron chi connectivity index (χ2n) is 4.02. The fourth-order valence-corrected chi connectivity index (χ4v) is 1.93. The van der Waals surface area contributed by atoms with Crippen molar-refractivity contribution in [2.75, 3.05) is 23.7 Å². The Morgan fingerprint density at radius 1 is 1.40 bits per heavy atom. The van der Waals surface area contributed by atoms with Gasteiger partial charge in [0.2, 0.25) is 5.95 Å². The second kappa shape index (κ2) is 4.02. The third kappa shape index (κ3) is 2.18. The molecule has 82 valence electrons. The van der Waals surface area contributed by atoms with Gasteiger partial charge in [0.25, 0.3) is 0 Å². The maximum absolute atomic E-state index is 5.86. The van der Waals surface area contributed by atoms with E-state index in [2.05, 4.69) is 14.9 Å². The summed E-state index contributed by atoms with van der Waals surface area (Å²) in [6, 6.07) is 0.344. The van der Waals surface area contributed by atoms with Gasteiger partial charge in [-0.25, -0.2) is 9.97 Å². The van der Waals surface area contributed by atoms with Crippen molar-refractivity contribution in [1.29, 1.82) is 0 Å². The number of rotatable bonds is 1. The molecule has 1 aromatic heterocycles. The highest BCUT2D eigenvalue weighted by Gasteiger charge is 2.18. The zero-order valence-electron chi connectivity index (χ0n) is 8.98. The van der Waals surface area contributed by atoms with E-state index in [4.69, 9.17) is 11.5 Å². The van der Waals surface area contributed by atoms with E-state index >= 15 is 0 Å². The molecule has 0 aliphatic carbocycles. The van der Waals surface area contributed by atoms with Gasteiger partial charge >= 0.3 is 0 Å². The smallest absolute Gasteiger partial charge is 0.220 e. The Morgan fingerprint density at radius 3 is 2.67 bits per heavy atom. The van der Waals surface area contributed by atoms with Crippen molar-refractivity contribution in [3.05, 3.63) is 11.9 Å². The fourth-order valence-electron chi connectivity index (χ4n) is 1.93. The minimum Gasteiger partial charge on any atom is -0.369 e. The third-order valence-electron chi connectivity index (χ3n) is 2.85. The summed E-state index contributed by atoms with van der Waals surface area (Å²) in [4.78, 5) is 10.5. The topological polar surface area (TPSA) is 81.1 Å². The van der Waals surface area contributed by atoms with Crippen LogP contribution < -0.4 is 16.4 Å². The highest BCUT2D eigenvalue weighted by atomic mass is 15.2. The predicted octanol–water partition coefficient (Wildman–Crippen LogP) is 0.295. The molecule has 0 aromatic carbocycles. The Balaban J connectivity index is 2.15. The van der Waals surface area contributed by atoms with Crippen molar-refractivity contribution in [2.24, 2.45) is 5.73 Å². The van der Waals surface area contributed by atoms with Crippen LogP contribution in [0.4, 0.5) is 11.6 Å². The summed E-state index contributed by atoms with van der Waals surface area (Å²) in [6.45, 7) is 3.92. The Bertz CT molecular complexity index is 344. The molecular weight excluding hydrogens is 190 g/mol. The normalized spacial score (nSPS) is 18.1. The van der Waals surface area contributed by atoms with E-state index in [1.807, 2.05) is 6.92 Å². The Kier molecular flexibility index (Phi) is 2.73. The van der Waals surface area contributed by atoms with Gasteiger partial charge in [-0.15, -0.1) is 0 Å². The molecule has 0 amide bonds. The first-order chi connectivity index (χ1) is 7.16. The van der Waals surface area contributed by atoms with Crippen LogP contribution in [0.15, 0.2) is 6.20 Å². The van der Waals surface area contributed by atoms with E-state index in [-0.39, 0.29) is 0 Å². The number of piperidine rings is 1. The van der Waals surface area contributed by atoms with Gasteiger partial charge in [-0.3, -0.25) is 0 Å². The summed E-state index contributed by atoms with van der Waals surface area (Å²) < 4.78 is 0. The summed E-state index contributed by atoms with van der Waals surface area (Å²) in [5.41, 5.74) is 13.4. The van der Waals surface area contributed by atoms with Gasteiger partial charge in [-0.1, -0.05) is 0 Å². The number of aryl methyl sites for hydroxylation is 1. The lowest BCUT2D eigenvalue weighted by Crippen LogP contribution is -2.40. The van der Waals surface area contributed by atoms with E-state index in [0.717, 1.165) is 37.3 Å². The minimum atomic E-state index is 0.338. The van der Waals surface area contributed by atoms with Crippen molar-refractivity contribution in [2.45, 2.75) is 25.8 Å². The molecular formula is C10H17N5. The molecule has 4 N–H and O–H groups in total. The van der Waals surface area contributed by atoms with Gasteiger partial charge in [0, 0.05) is 19.1 Å². The molecule has 1 saturated heterocycles. The number of anilines is 2. The number of nitrogens with two attached hydrogens (primary N) is 2. The third-order valence-corrected chi connectivity index (χ3v) is 2.85. The summed E-state index contributed by atoms with van der Waals surface area (Å²) in [5, 5.41) is 0. The van der Waals surface area contributed by atoms with Gasteiger partial charge in [-0.05, 0) is 19.8 Å². The molecule has 1 aliphatic rings. The highest BCUT2D eigenvalue weighted by molar-refractivity contribution is 5.50. The molecule has 5 heteroatoms. The molecule has 0 spiro atoms. The average Bonchev–Trinajstić information content (AvgIpc) is 2.20. The molecule has 1 aromatic rings. The molecule has 0 bridgehead atoms. The van der Waals surface area contributed by atoms with Crippen LogP contribution in [0.5, 0.6) is 0 Å². The van der Waals surface area contributed by atoms with Crippen molar-refractivity contribution in [1.82, 2.24) is 9.97 Å². The lowest BCUT2D eigenvalue weighted by atomic mass is 10.1. The van der Waals surface area contributed by atoms with Crippen LogP contribution in [0, 0.1) is 6.92 Å². The lowest BCUT2D eigenvalue weighted by Gasteiger charge is -2.32. The highest BCUT2D eigenvalue weighted by Crippen LogP contribution is 2.21. The van der Waals surface area contributed by atoms with Gasteiger partial charge in [-0.2, -0.15) is 0 Å². The molecule has 0 atom stereocenters. The summed E-state index contributed by atoms with van der Waals surface area (Å²) >= 11 is 0. The van der Waals surface area contributed by atoms with Gasteiger partial charge < -0.3 is 16.4 Å². The van der Waals surface area contributed by atoms with E-state index in [1.54, 1.807) is 6.20 Å². The maximum atomic E-state index is 5.86. The number of nitrogen functional groups attached to an aromatic ring is 1. The van der Waals surface area contributed by atoms with E-state index in [0.29, 0.717) is 12.0 Å². The van der Waals surface area contributed by atoms with Crippen LogP contribution in [0.1, 0.15) is 18.5 Å². The quantitative estimate of drug-likeness (QED) is 0.692. The van der Waals surface area contributed by atoms with Gasteiger partial charge in [0.1, 0.15) is 0 Å². The van der Waals surface area contributed by atoms with Crippen LogP contribution in [0.25, 0.3) is 0 Å². The molecule has 5 nitrogen and oxygen atoms in total. The molecule has 1 fully saturated rings. The van der Waals surface area contributed by atoms with Crippen molar-refractivity contribution in [3.63, 3.8) is 0 Å². The van der Waals surface area contributed by atoms with Crippen LogP contribution >= 0.6 is 0 Å². The molecule has 0 saturated carbocycles. The first-order valence-electron chi connectivity index (χ1n) is 5.26. The average molecular weight is 207 g/mol. The van der Waals surface area contributed by atoms with Crippen LogP contribution in [0.3, 0.4) is 0 Å². The van der Waals surface area contributed by atoms with Crippen LogP contribution in [-0.2, 0) is 0 Å². The molecule has 0 radical (unpaired) electrons. The van der Waals surface area contributed by atoms with Crippen molar-refractivity contribution < 1.29 is 0 Å². The van der Waals surface area contributed by atoms with E-state index in [1.165, 1.54) is 0 Å². The first-order valence-corrected chi connectivity index (χ1v) is 5.26. The summed E-state index contributed by atoms with van der Waals surface area (Å²) in [7, 11) is 0. The molecule has 1 aliphatic heterocycles. The van der Waals surface area contributed by atoms with Crippen LogP contribution in [-0.4, -0.2) is 29.1 Å². The summed E-state index contributed by atoms with van der Waals surface area (Å²) in [6.07, 6.45) is 3.86. The second-order valence-corrected chi connectivity index (χ2v) is 4.02. The monoisotopic (exact) mass is 207 g/mol. The minimum absolute atomic E-state index is 0.338. The van der Waals surface area contributed by atoms with E-state index < -0.39 is 0 Å². The zero-order valence-corrected chi connectivity index (χ0v) is 8.98. The zero-order chi connectivity index (χ0) is 10.8. The predicted molar refractivity (Wildman–Crippen MR) is 60.6 cm³/mol. The Hall–Kier alpha value is -1.36. The van der Waals surface area contributed by atoms with Crippen molar-refractivity contribution in [3.8, 4) is 0 Å². The standard InChI is InChI=1S/C10H17N5/c1-7-9(6-13-10(12)14-7)15-4-2-8(11)3-5-15/h6,8H,2-5,11H2,1H3,(H2,12,13,14). The molecule has 2 rings (SSSR count). The number of hydrogen-bond donors (Lipinski definition) is 2. The Labute approximate surface area is 89.5 Å². The molecule has 0 unspecified atom stereocenters. The Morgan fingerprint density at radius 2 is 2.07 bits per heavy atom. The first kappa shape index (κ1) is 10.2. The van der Waals surface area contributed by atoms with Gasteiger partial charge in [0.05, 0.1) is 17.6 Å². The van der Waals surface area contributed by atoms with Crippen molar-refractivity contribution >= 4 is 11.6 Å². The fraction of sp³-hybridized carbons (Fsp3) is 0.600. The molecule has 2 heterocycles. The summed E-state index contributed by atoms with van der Waals surface area (Å²) in [5.74, 6) is 0.338. The largest absolute Gasteiger partial charge is 0.369 e. The van der Waals surface area contributed by atoms with Gasteiger partial charge in [0.15, 0.2) is 0 Å². The molecule has 15 heavy (non-hydrogen) atoms. The van der Waals surface area contributed by atoms with E-state index in [9.17, 15) is 0 Å². The SMILES string of the molecule is Cc1nc(N)ncc1N1CCC(N)CC1. The maximum Gasteiger partial charge on any atom is 0.220 e. The van der Waals surface area contributed by atoms with Crippen LogP contribution in [0.2, 0.25) is 0 Å². The lowest BCUT2D eigenvalue weighted by molar-refractivity contribution is 0.500.